The van der Waals surface area contributed by atoms with E-state index < -0.39 is 5.54 Å². The normalized spacial score (nSPS) is 28.5. The topological polar surface area (TPSA) is 62.3 Å². The van der Waals surface area contributed by atoms with Gasteiger partial charge in [-0.15, -0.1) is 0 Å². The Morgan fingerprint density at radius 3 is 2.88 bits per heavy atom. The van der Waals surface area contributed by atoms with Gasteiger partial charge in [0.2, 0.25) is 0 Å². The molecule has 1 rings (SSSR count). The Morgan fingerprint density at radius 2 is 2.29 bits per heavy atom. The fraction of sp³-hybridized carbons (Fsp3) is 0.923. The van der Waals surface area contributed by atoms with E-state index in [9.17, 15) is 0 Å². The average Bonchev–Trinajstić information content (AvgIpc) is 2.72. The highest BCUT2D eigenvalue weighted by atomic mass is 16.5. The van der Waals surface area contributed by atoms with Crippen molar-refractivity contribution in [3.05, 3.63) is 0 Å². The van der Waals surface area contributed by atoms with Crippen molar-refractivity contribution in [3.63, 3.8) is 0 Å². The van der Waals surface area contributed by atoms with Crippen LogP contribution in [0.3, 0.4) is 0 Å². The molecule has 4 nitrogen and oxygen atoms in total. The van der Waals surface area contributed by atoms with Gasteiger partial charge in [-0.2, -0.15) is 5.26 Å². The van der Waals surface area contributed by atoms with Gasteiger partial charge in [-0.05, 0) is 38.3 Å². The van der Waals surface area contributed by atoms with Crippen LogP contribution in [0.4, 0.5) is 0 Å². The third-order valence-electron chi connectivity index (χ3n) is 3.93. The van der Waals surface area contributed by atoms with Crippen molar-refractivity contribution in [1.29, 1.82) is 5.26 Å². The van der Waals surface area contributed by atoms with Gasteiger partial charge in [0.1, 0.15) is 5.54 Å². The van der Waals surface area contributed by atoms with Crippen LogP contribution in [0, 0.1) is 17.2 Å². The third kappa shape index (κ3) is 3.95. The number of nitrogens with zero attached hydrogens (tertiary/aromatic N) is 2. The molecule has 0 amide bonds. The number of methoxy groups -OCH3 is 1. The van der Waals surface area contributed by atoms with Crippen LogP contribution < -0.4 is 5.73 Å². The number of nitriles is 1. The van der Waals surface area contributed by atoms with Crippen LogP contribution in [0.2, 0.25) is 0 Å². The molecule has 1 aliphatic carbocycles. The van der Waals surface area contributed by atoms with E-state index in [1.165, 1.54) is 0 Å². The van der Waals surface area contributed by atoms with Crippen molar-refractivity contribution < 1.29 is 4.74 Å². The Labute approximate surface area is 105 Å². The lowest BCUT2D eigenvalue weighted by molar-refractivity contribution is 0.144. The molecule has 0 heterocycles. The van der Waals surface area contributed by atoms with Crippen molar-refractivity contribution in [2.24, 2.45) is 11.7 Å². The maximum atomic E-state index is 9.15. The molecule has 1 saturated carbocycles. The number of rotatable bonds is 7. The van der Waals surface area contributed by atoms with Crippen molar-refractivity contribution in [3.8, 4) is 6.07 Å². The monoisotopic (exact) mass is 239 g/mol. The molecule has 0 aliphatic heterocycles. The van der Waals surface area contributed by atoms with Crippen LogP contribution in [0.5, 0.6) is 0 Å². The number of hydrogen-bond acceptors (Lipinski definition) is 4. The number of hydrogen-bond donors (Lipinski definition) is 1. The van der Waals surface area contributed by atoms with E-state index in [4.69, 9.17) is 15.7 Å². The average molecular weight is 239 g/mol. The summed E-state index contributed by atoms with van der Waals surface area (Å²) in [6, 6.07) is 2.31. The van der Waals surface area contributed by atoms with Crippen molar-refractivity contribution in [2.45, 2.75) is 38.1 Å². The maximum absolute atomic E-state index is 9.15. The first-order chi connectivity index (χ1) is 8.16. The van der Waals surface area contributed by atoms with Crippen molar-refractivity contribution >= 4 is 0 Å². The Balaban J connectivity index is 2.36. The minimum Gasteiger partial charge on any atom is -0.383 e. The van der Waals surface area contributed by atoms with E-state index >= 15 is 0 Å². The molecule has 0 saturated heterocycles. The second-order valence-electron chi connectivity index (χ2n) is 4.96. The molecule has 0 bridgehead atoms. The summed E-state index contributed by atoms with van der Waals surface area (Å²) in [4.78, 5) is 2.36. The molecule has 4 heteroatoms. The van der Waals surface area contributed by atoms with Crippen LogP contribution >= 0.6 is 0 Å². The molecule has 0 aromatic carbocycles. The van der Waals surface area contributed by atoms with Crippen LogP contribution in [-0.2, 0) is 4.74 Å². The van der Waals surface area contributed by atoms with Crippen LogP contribution in [0.25, 0.3) is 0 Å². The van der Waals surface area contributed by atoms with Crippen LogP contribution in [0.1, 0.15) is 32.6 Å². The van der Waals surface area contributed by atoms with Gasteiger partial charge in [-0.1, -0.05) is 13.3 Å². The smallest absolute Gasteiger partial charge is 0.107 e. The molecule has 0 aromatic heterocycles. The highest BCUT2D eigenvalue weighted by molar-refractivity contribution is 5.11. The van der Waals surface area contributed by atoms with E-state index in [0.717, 1.165) is 51.9 Å². The van der Waals surface area contributed by atoms with Gasteiger partial charge < -0.3 is 15.4 Å². The lowest BCUT2D eigenvalue weighted by Gasteiger charge is -2.27. The molecule has 2 atom stereocenters. The number of likely N-dealkylation sites (N-methyl/N-ethyl adjacent to an activating group) is 1. The highest BCUT2D eigenvalue weighted by Crippen LogP contribution is 2.35. The Kier molecular flexibility index (Phi) is 5.90. The summed E-state index contributed by atoms with van der Waals surface area (Å²) >= 11 is 0. The lowest BCUT2D eigenvalue weighted by atomic mass is 9.87. The summed E-state index contributed by atoms with van der Waals surface area (Å²) in [7, 11) is 1.73. The quantitative estimate of drug-likeness (QED) is 0.729. The first-order valence-corrected chi connectivity index (χ1v) is 6.57. The van der Waals surface area contributed by atoms with Gasteiger partial charge in [0, 0.05) is 13.7 Å². The molecule has 0 radical (unpaired) electrons. The molecule has 1 aliphatic rings. The van der Waals surface area contributed by atoms with Gasteiger partial charge in [0.05, 0.1) is 12.7 Å². The standard InChI is InChI=1S/C13H25N3O/c1-3-16(9-10-17-2)8-6-12-5-4-7-13(12,15)11-14/h12H,3-10,15H2,1-2H3. The predicted molar refractivity (Wildman–Crippen MR) is 68.5 cm³/mol. The molecular formula is C13H25N3O. The summed E-state index contributed by atoms with van der Waals surface area (Å²) in [5.74, 6) is 0.365. The molecule has 0 spiro atoms. The third-order valence-corrected chi connectivity index (χ3v) is 3.93. The van der Waals surface area contributed by atoms with Gasteiger partial charge in [0.15, 0.2) is 0 Å². The largest absolute Gasteiger partial charge is 0.383 e. The minimum absolute atomic E-state index is 0.365. The van der Waals surface area contributed by atoms with Gasteiger partial charge >= 0.3 is 0 Å². The molecular weight excluding hydrogens is 214 g/mol. The second-order valence-corrected chi connectivity index (χ2v) is 4.96. The zero-order valence-electron chi connectivity index (χ0n) is 11.1. The molecule has 1 fully saturated rings. The SMILES string of the molecule is CCN(CCOC)CCC1CCCC1(N)C#N. The number of ether oxygens (including phenoxy) is 1. The maximum Gasteiger partial charge on any atom is 0.107 e. The molecule has 98 valence electrons. The summed E-state index contributed by atoms with van der Waals surface area (Å²) in [6.45, 7) is 5.93. The van der Waals surface area contributed by atoms with E-state index in [2.05, 4.69) is 17.9 Å². The molecule has 2 N–H and O–H groups in total. The van der Waals surface area contributed by atoms with Crippen LogP contribution in [0.15, 0.2) is 0 Å². The number of nitrogens with two attached hydrogens (primary N) is 1. The first-order valence-electron chi connectivity index (χ1n) is 6.57. The summed E-state index contributed by atoms with van der Waals surface area (Å²) in [5, 5.41) is 9.15. The zero-order valence-corrected chi connectivity index (χ0v) is 11.1. The summed E-state index contributed by atoms with van der Waals surface area (Å²) < 4.78 is 5.09. The predicted octanol–water partition coefficient (Wildman–Crippen LogP) is 1.37. The zero-order chi connectivity index (χ0) is 12.7. The van der Waals surface area contributed by atoms with Crippen molar-refractivity contribution in [1.82, 2.24) is 4.90 Å². The van der Waals surface area contributed by atoms with Crippen molar-refractivity contribution in [2.75, 3.05) is 33.4 Å². The second kappa shape index (κ2) is 6.95. The van der Waals surface area contributed by atoms with E-state index in [1.54, 1.807) is 7.11 Å². The molecule has 17 heavy (non-hydrogen) atoms. The minimum atomic E-state index is -0.569. The van der Waals surface area contributed by atoms with Crippen LogP contribution in [-0.4, -0.2) is 43.8 Å². The van der Waals surface area contributed by atoms with E-state index in [-0.39, 0.29) is 0 Å². The fourth-order valence-electron chi connectivity index (χ4n) is 2.64. The van der Waals surface area contributed by atoms with Gasteiger partial charge in [-0.3, -0.25) is 0 Å². The highest BCUT2D eigenvalue weighted by Gasteiger charge is 2.39. The lowest BCUT2D eigenvalue weighted by Crippen LogP contribution is -2.43. The Morgan fingerprint density at radius 1 is 1.53 bits per heavy atom. The summed E-state index contributed by atoms with van der Waals surface area (Å²) in [6.07, 6.45) is 4.09. The van der Waals surface area contributed by atoms with Gasteiger partial charge in [0.25, 0.3) is 0 Å². The summed E-state index contributed by atoms with van der Waals surface area (Å²) in [5.41, 5.74) is 5.56. The molecule has 2 unspecified atom stereocenters. The Bertz CT molecular complexity index is 264. The molecule has 0 aromatic rings. The van der Waals surface area contributed by atoms with E-state index in [0.29, 0.717) is 5.92 Å². The Hall–Kier alpha value is -0.630. The van der Waals surface area contributed by atoms with E-state index in [1.807, 2.05) is 0 Å². The van der Waals surface area contributed by atoms with Gasteiger partial charge in [-0.25, -0.2) is 0 Å². The fourth-order valence-corrected chi connectivity index (χ4v) is 2.64. The first kappa shape index (κ1) is 14.4.